The highest BCUT2D eigenvalue weighted by Gasteiger charge is 2.37. The summed E-state index contributed by atoms with van der Waals surface area (Å²) in [5.41, 5.74) is 4.83. The zero-order valence-electron chi connectivity index (χ0n) is 17.0. The molecule has 3 aromatic carbocycles. The van der Waals surface area contributed by atoms with Gasteiger partial charge >= 0.3 is 0 Å². The minimum absolute atomic E-state index is 0.350. The second kappa shape index (κ2) is 8.38. The van der Waals surface area contributed by atoms with Crippen molar-refractivity contribution in [2.45, 2.75) is 25.6 Å². The van der Waals surface area contributed by atoms with Gasteiger partial charge < -0.3 is 19.5 Å². The zero-order chi connectivity index (χ0) is 21.4. The van der Waals surface area contributed by atoms with E-state index >= 15 is 0 Å². The van der Waals surface area contributed by atoms with Gasteiger partial charge in [0.1, 0.15) is 6.23 Å². The Hall–Kier alpha value is -2.40. The molecular formula is C24H23Cl2NO3. The third-order valence-electron chi connectivity index (χ3n) is 5.55. The molecule has 4 nitrogen and oxygen atoms in total. The summed E-state index contributed by atoms with van der Waals surface area (Å²) in [7, 11) is 3.22. The van der Waals surface area contributed by atoms with E-state index in [-0.39, 0.29) is 6.04 Å². The van der Waals surface area contributed by atoms with Crippen LogP contribution in [0, 0.1) is 6.92 Å². The first-order chi connectivity index (χ1) is 14.4. The average Bonchev–Trinajstić information content (AvgIpc) is 2.75. The van der Waals surface area contributed by atoms with Crippen LogP contribution in [0.2, 0.25) is 10.0 Å². The molecular weight excluding hydrogens is 421 g/mol. The van der Waals surface area contributed by atoms with Gasteiger partial charge in [0.15, 0.2) is 11.5 Å². The minimum Gasteiger partial charge on any atom is -0.493 e. The predicted octanol–water partition coefficient (Wildman–Crippen LogP) is 5.79. The largest absolute Gasteiger partial charge is 0.493 e. The van der Waals surface area contributed by atoms with Gasteiger partial charge in [0.05, 0.1) is 30.3 Å². The van der Waals surface area contributed by atoms with Crippen molar-refractivity contribution in [3.05, 3.63) is 86.9 Å². The van der Waals surface area contributed by atoms with E-state index < -0.39 is 6.23 Å². The fraction of sp³-hybridized carbons (Fsp3) is 0.250. The Morgan fingerprint density at radius 3 is 2.27 bits per heavy atom. The van der Waals surface area contributed by atoms with E-state index in [0.29, 0.717) is 28.0 Å². The summed E-state index contributed by atoms with van der Waals surface area (Å²) >= 11 is 13.0. The first-order valence-electron chi connectivity index (χ1n) is 9.66. The van der Waals surface area contributed by atoms with E-state index in [1.165, 1.54) is 0 Å². The third-order valence-corrected chi connectivity index (χ3v) is 6.38. The third kappa shape index (κ3) is 3.60. The molecule has 0 aliphatic carbocycles. The fourth-order valence-electron chi connectivity index (χ4n) is 4.07. The number of anilines is 1. The van der Waals surface area contributed by atoms with Gasteiger partial charge in [-0.15, -0.1) is 0 Å². The zero-order valence-corrected chi connectivity index (χ0v) is 18.5. The van der Waals surface area contributed by atoms with Gasteiger partial charge in [-0.25, -0.2) is 0 Å². The van der Waals surface area contributed by atoms with Crippen LogP contribution in [0.15, 0.2) is 54.6 Å². The van der Waals surface area contributed by atoms with Crippen molar-refractivity contribution in [3.8, 4) is 11.5 Å². The van der Waals surface area contributed by atoms with E-state index in [4.69, 9.17) is 32.7 Å². The molecule has 0 saturated carbocycles. The summed E-state index contributed by atoms with van der Waals surface area (Å²) in [4.78, 5) is 1.98. The highest BCUT2D eigenvalue weighted by atomic mass is 35.5. The molecule has 1 aliphatic rings. The maximum Gasteiger partial charge on any atom is 0.161 e. The van der Waals surface area contributed by atoms with Crippen LogP contribution in [-0.4, -0.2) is 25.6 Å². The average molecular weight is 444 g/mol. The number of hydrogen-bond donors (Lipinski definition) is 1. The predicted molar refractivity (Wildman–Crippen MR) is 121 cm³/mol. The van der Waals surface area contributed by atoms with Crippen molar-refractivity contribution in [3.63, 3.8) is 0 Å². The van der Waals surface area contributed by atoms with E-state index in [9.17, 15) is 5.11 Å². The molecule has 0 saturated heterocycles. The van der Waals surface area contributed by atoms with Crippen molar-refractivity contribution in [1.82, 2.24) is 0 Å². The molecule has 1 N–H and O–H groups in total. The number of aryl methyl sites for hydroxylation is 1. The summed E-state index contributed by atoms with van der Waals surface area (Å²) in [6, 6.07) is 17.2. The summed E-state index contributed by atoms with van der Waals surface area (Å²) in [5.74, 6) is 1.25. The maximum absolute atomic E-state index is 11.2. The normalized spacial score (nSPS) is 18.1. The van der Waals surface area contributed by atoms with Gasteiger partial charge in [0.25, 0.3) is 0 Å². The molecule has 1 heterocycles. The lowest BCUT2D eigenvalue weighted by Gasteiger charge is -2.43. The second-order valence-electron chi connectivity index (χ2n) is 7.38. The van der Waals surface area contributed by atoms with E-state index in [2.05, 4.69) is 0 Å². The van der Waals surface area contributed by atoms with Crippen LogP contribution in [-0.2, 0) is 6.42 Å². The summed E-state index contributed by atoms with van der Waals surface area (Å²) in [5, 5.41) is 12.1. The van der Waals surface area contributed by atoms with Crippen LogP contribution in [0.5, 0.6) is 11.5 Å². The Balaban J connectivity index is 1.97. The summed E-state index contributed by atoms with van der Waals surface area (Å²) < 4.78 is 11.0. The Labute approximate surface area is 186 Å². The molecule has 156 valence electrons. The number of benzene rings is 3. The van der Waals surface area contributed by atoms with Crippen molar-refractivity contribution in [1.29, 1.82) is 0 Å². The molecule has 0 spiro atoms. The highest BCUT2D eigenvalue weighted by molar-refractivity contribution is 6.42. The van der Waals surface area contributed by atoms with Gasteiger partial charge in [-0.2, -0.15) is 0 Å². The monoisotopic (exact) mass is 443 g/mol. The number of aliphatic hydroxyl groups is 1. The lowest BCUT2D eigenvalue weighted by molar-refractivity contribution is 0.154. The number of aliphatic hydroxyl groups excluding tert-OH is 1. The van der Waals surface area contributed by atoms with Crippen molar-refractivity contribution >= 4 is 28.9 Å². The summed E-state index contributed by atoms with van der Waals surface area (Å²) in [6.07, 6.45) is -0.309. The van der Waals surface area contributed by atoms with Crippen LogP contribution in [0.25, 0.3) is 0 Å². The molecule has 0 radical (unpaired) electrons. The van der Waals surface area contributed by atoms with Crippen molar-refractivity contribution in [2.75, 3.05) is 19.1 Å². The number of methoxy groups -OCH3 is 2. The lowest BCUT2D eigenvalue weighted by atomic mass is 9.86. The number of fused-ring (bicyclic) bond motifs is 1. The SMILES string of the molecule is COc1cc2c(cc1OC)[C@@H](c1cccc(Cl)c1Cl)N(c1ccc(C)cc1)[C@@H](O)C2. The smallest absolute Gasteiger partial charge is 0.161 e. The molecule has 6 heteroatoms. The van der Waals surface area contributed by atoms with Gasteiger partial charge in [0.2, 0.25) is 0 Å². The van der Waals surface area contributed by atoms with E-state index in [0.717, 1.165) is 27.9 Å². The molecule has 0 bridgehead atoms. The van der Waals surface area contributed by atoms with E-state index in [1.54, 1.807) is 20.3 Å². The van der Waals surface area contributed by atoms with Gasteiger partial charge in [0, 0.05) is 12.1 Å². The summed E-state index contributed by atoms with van der Waals surface area (Å²) in [6.45, 7) is 2.04. The number of halogens is 2. The lowest BCUT2D eigenvalue weighted by Crippen LogP contribution is -2.44. The number of nitrogens with zero attached hydrogens (tertiary/aromatic N) is 1. The van der Waals surface area contributed by atoms with Crippen molar-refractivity contribution < 1.29 is 14.6 Å². The molecule has 0 aromatic heterocycles. The Morgan fingerprint density at radius 2 is 1.60 bits per heavy atom. The topological polar surface area (TPSA) is 41.9 Å². The Bertz CT molecular complexity index is 1070. The maximum atomic E-state index is 11.2. The van der Waals surface area contributed by atoms with Crippen LogP contribution in [0.3, 0.4) is 0 Å². The molecule has 4 rings (SSSR count). The first kappa shape index (κ1) is 20.9. The molecule has 2 atom stereocenters. The standard InChI is InChI=1S/C24H23Cl2NO3/c1-14-7-9-16(10-8-14)27-22(28)12-15-11-20(29-2)21(30-3)13-18(15)24(27)17-5-4-6-19(25)23(17)26/h4-11,13,22,24,28H,12H2,1-3H3/t22-,24+/m0/s1. The van der Waals surface area contributed by atoms with Crippen LogP contribution >= 0.6 is 23.2 Å². The fourth-order valence-corrected chi connectivity index (χ4v) is 4.48. The molecule has 0 amide bonds. The number of ether oxygens (including phenoxy) is 2. The van der Waals surface area contributed by atoms with Gasteiger partial charge in [-0.05, 0) is 53.9 Å². The van der Waals surface area contributed by atoms with Gasteiger partial charge in [-0.1, -0.05) is 53.0 Å². The van der Waals surface area contributed by atoms with Gasteiger partial charge in [-0.3, -0.25) is 0 Å². The van der Waals surface area contributed by atoms with Crippen molar-refractivity contribution in [2.24, 2.45) is 0 Å². The Morgan fingerprint density at radius 1 is 0.933 bits per heavy atom. The molecule has 30 heavy (non-hydrogen) atoms. The molecule has 1 aliphatic heterocycles. The molecule has 3 aromatic rings. The van der Waals surface area contributed by atoms with E-state index in [1.807, 2.05) is 60.4 Å². The molecule has 0 unspecified atom stereocenters. The minimum atomic E-state index is -0.752. The quantitative estimate of drug-likeness (QED) is 0.553. The second-order valence-corrected chi connectivity index (χ2v) is 8.16. The highest BCUT2D eigenvalue weighted by Crippen LogP contribution is 2.46. The number of rotatable bonds is 4. The number of hydrogen-bond acceptors (Lipinski definition) is 4. The first-order valence-corrected chi connectivity index (χ1v) is 10.4. The Kier molecular flexibility index (Phi) is 5.83. The van der Waals surface area contributed by atoms with Crippen LogP contribution < -0.4 is 14.4 Å². The van der Waals surface area contributed by atoms with Crippen LogP contribution in [0.1, 0.15) is 28.3 Å². The van der Waals surface area contributed by atoms with Crippen LogP contribution in [0.4, 0.5) is 5.69 Å². The molecule has 0 fully saturated rings.